The molecule has 0 bridgehead atoms. The van der Waals surface area contributed by atoms with Crippen LogP contribution in [0, 0.1) is 11.8 Å². The van der Waals surface area contributed by atoms with Crippen molar-refractivity contribution in [3.05, 3.63) is 0 Å². The van der Waals surface area contributed by atoms with E-state index < -0.39 is 0 Å². The fourth-order valence-electron chi connectivity index (χ4n) is 3.47. The molecule has 2 fully saturated rings. The van der Waals surface area contributed by atoms with Gasteiger partial charge in [-0.05, 0) is 64.5 Å². The van der Waals surface area contributed by atoms with Gasteiger partial charge in [0.1, 0.15) is 0 Å². The molecule has 5 unspecified atom stereocenters. The molecule has 1 aliphatic heterocycles. The van der Waals surface area contributed by atoms with Crippen molar-refractivity contribution < 1.29 is 0 Å². The van der Waals surface area contributed by atoms with E-state index in [0.29, 0.717) is 0 Å². The molecular formula is C15H30N2. The third kappa shape index (κ3) is 3.45. The maximum atomic E-state index is 3.93. The summed E-state index contributed by atoms with van der Waals surface area (Å²) < 4.78 is 0. The molecule has 0 aromatic carbocycles. The van der Waals surface area contributed by atoms with Gasteiger partial charge >= 0.3 is 0 Å². The third-order valence-electron chi connectivity index (χ3n) is 5.28. The van der Waals surface area contributed by atoms with E-state index in [2.05, 4.69) is 38.0 Å². The maximum Gasteiger partial charge on any atom is 0.00966 e. The molecule has 2 rings (SSSR count). The molecule has 2 heteroatoms. The lowest BCUT2D eigenvalue weighted by Crippen LogP contribution is -2.49. The van der Waals surface area contributed by atoms with Crippen LogP contribution in [0.4, 0.5) is 0 Å². The van der Waals surface area contributed by atoms with Crippen LogP contribution in [0.15, 0.2) is 0 Å². The van der Waals surface area contributed by atoms with Crippen LogP contribution < -0.4 is 5.32 Å². The smallest absolute Gasteiger partial charge is 0.00966 e. The summed E-state index contributed by atoms with van der Waals surface area (Å²) in [6.45, 7) is 8.46. The van der Waals surface area contributed by atoms with Gasteiger partial charge in [0.25, 0.3) is 0 Å². The van der Waals surface area contributed by atoms with E-state index >= 15 is 0 Å². The Bertz CT molecular complexity index is 217. The van der Waals surface area contributed by atoms with E-state index in [9.17, 15) is 0 Å². The minimum atomic E-state index is 0.751. The van der Waals surface area contributed by atoms with Gasteiger partial charge in [0.15, 0.2) is 0 Å². The molecule has 1 N–H and O–H groups in total. The lowest BCUT2D eigenvalue weighted by molar-refractivity contribution is 0.144. The van der Waals surface area contributed by atoms with Crippen LogP contribution in [-0.4, -0.2) is 36.6 Å². The molecule has 0 spiro atoms. The number of nitrogens with one attached hydrogen (secondary N) is 1. The molecule has 1 saturated heterocycles. The van der Waals surface area contributed by atoms with Crippen molar-refractivity contribution in [2.24, 2.45) is 11.8 Å². The van der Waals surface area contributed by atoms with Crippen molar-refractivity contribution in [2.45, 2.75) is 71.0 Å². The number of hydrogen-bond donors (Lipinski definition) is 1. The van der Waals surface area contributed by atoms with Crippen LogP contribution in [-0.2, 0) is 0 Å². The van der Waals surface area contributed by atoms with Gasteiger partial charge in [-0.1, -0.05) is 13.8 Å². The Balaban J connectivity index is 1.78. The second-order valence-corrected chi connectivity index (χ2v) is 6.68. The van der Waals surface area contributed by atoms with Gasteiger partial charge in [-0.25, -0.2) is 0 Å². The first kappa shape index (κ1) is 13.4. The average molecular weight is 238 g/mol. The summed E-state index contributed by atoms with van der Waals surface area (Å²) in [6.07, 6.45) is 6.87. The number of hydrogen-bond acceptors (Lipinski definition) is 2. The highest BCUT2D eigenvalue weighted by molar-refractivity contribution is 4.86. The summed E-state index contributed by atoms with van der Waals surface area (Å²) in [5.41, 5.74) is 0. The van der Waals surface area contributed by atoms with Crippen molar-refractivity contribution in [3.8, 4) is 0 Å². The molecule has 5 atom stereocenters. The van der Waals surface area contributed by atoms with Gasteiger partial charge in [0, 0.05) is 18.1 Å². The molecule has 100 valence electrons. The Morgan fingerprint density at radius 1 is 0.882 bits per heavy atom. The Hall–Kier alpha value is -0.0800. The minimum absolute atomic E-state index is 0.751. The van der Waals surface area contributed by atoms with Crippen molar-refractivity contribution in [3.63, 3.8) is 0 Å². The van der Waals surface area contributed by atoms with Gasteiger partial charge < -0.3 is 10.2 Å². The zero-order valence-electron chi connectivity index (χ0n) is 12.1. The SMILES string of the molecule is CC1CCC(NC2CCN(C)C(C)C2)CC1C. The normalized spacial score (nSPS) is 44.8. The number of likely N-dealkylation sites (tertiary alicyclic amines) is 1. The van der Waals surface area contributed by atoms with Crippen LogP contribution in [0.3, 0.4) is 0 Å². The molecule has 2 aliphatic rings. The predicted octanol–water partition coefficient (Wildman–Crippen LogP) is 2.88. The van der Waals surface area contributed by atoms with Gasteiger partial charge in [0.2, 0.25) is 0 Å². The highest BCUT2D eigenvalue weighted by Crippen LogP contribution is 2.30. The molecular weight excluding hydrogens is 208 g/mol. The predicted molar refractivity (Wildman–Crippen MR) is 74.2 cm³/mol. The van der Waals surface area contributed by atoms with E-state index in [-0.39, 0.29) is 0 Å². The van der Waals surface area contributed by atoms with Gasteiger partial charge in [-0.15, -0.1) is 0 Å². The Kier molecular flexibility index (Phi) is 4.48. The van der Waals surface area contributed by atoms with E-state index in [1.54, 1.807) is 0 Å². The zero-order valence-corrected chi connectivity index (χ0v) is 12.1. The summed E-state index contributed by atoms with van der Waals surface area (Å²) in [5, 5.41) is 3.93. The van der Waals surface area contributed by atoms with Gasteiger partial charge in [-0.3, -0.25) is 0 Å². The number of rotatable bonds is 2. The minimum Gasteiger partial charge on any atom is -0.311 e. The van der Waals surface area contributed by atoms with Crippen molar-refractivity contribution in [1.82, 2.24) is 10.2 Å². The van der Waals surface area contributed by atoms with E-state index in [4.69, 9.17) is 0 Å². The van der Waals surface area contributed by atoms with Crippen molar-refractivity contribution in [1.29, 1.82) is 0 Å². The van der Waals surface area contributed by atoms with Crippen molar-refractivity contribution >= 4 is 0 Å². The lowest BCUT2D eigenvalue weighted by Gasteiger charge is -2.40. The van der Waals surface area contributed by atoms with Gasteiger partial charge in [-0.2, -0.15) is 0 Å². The first-order chi connectivity index (χ1) is 8.06. The molecule has 2 nitrogen and oxygen atoms in total. The van der Waals surface area contributed by atoms with E-state index in [0.717, 1.165) is 30.0 Å². The quantitative estimate of drug-likeness (QED) is 0.796. The van der Waals surface area contributed by atoms with Crippen LogP contribution in [0.25, 0.3) is 0 Å². The summed E-state index contributed by atoms with van der Waals surface area (Å²) in [7, 11) is 2.26. The first-order valence-electron chi connectivity index (χ1n) is 7.52. The monoisotopic (exact) mass is 238 g/mol. The van der Waals surface area contributed by atoms with E-state index in [1.165, 1.54) is 38.6 Å². The molecule has 0 radical (unpaired) electrons. The van der Waals surface area contributed by atoms with Crippen molar-refractivity contribution in [2.75, 3.05) is 13.6 Å². The molecule has 17 heavy (non-hydrogen) atoms. The fraction of sp³-hybridized carbons (Fsp3) is 1.00. The van der Waals surface area contributed by atoms with Crippen LogP contribution >= 0.6 is 0 Å². The van der Waals surface area contributed by atoms with Crippen LogP contribution in [0.5, 0.6) is 0 Å². The third-order valence-corrected chi connectivity index (χ3v) is 5.28. The van der Waals surface area contributed by atoms with E-state index in [1.807, 2.05) is 0 Å². The summed E-state index contributed by atoms with van der Waals surface area (Å²) in [5.74, 6) is 1.84. The molecule has 0 aromatic rings. The standard InChI is InChI=1S/C15H30N2/c1-11-5-6-14(9-12(11)2)16-15-7-8-17(4)13(3)10-15/h11-16H,5-10H2,1-4H3. The second kappa shape index (κ2) is 5.71. The number of nitrogens with zero attached hydrogens (tertiary/aromatic N) is 1. The molecule has 1 heterocycles. The Morgan fingerprint density at radius 2 is 1.59 bits per heavy atom. The van der Waals surface area contributed by atoms with Crippen LogP contribution in [0.1, 0.15) is 52.9 Å². The highest BCUT2D eigenvalue weighted by atomic mass is 15.1. The molecule has 0 aromatic heterocycles. The summed E-state index contributed by atoms with van der Waals surface area (Å²) in [4.78, 5) is 2.49. The molecule has 1 aliphatic carbocycles. The second-order valence-electron chi connectivity index (χ2n) is 6.68. The largest absolute Gasteiger partial charge is 0.311 e. The lowest BCUT2D eigenvalue weighted by atomic mass is 9.78. The highest BCUT2D eigenvalue weighted by Gasteiger charge is 2.28. The van der Waals surface area contributed by atoms with Crippen LogP contribution in [0.2, 0.25) is 0 Å². The Labute approximate surface area is 107 Å². The number of piperidine rings is 1. The zero-order chi connectivity index (χ0) is 12.4. The molecule has 0 amide bonds. The first-order valence-corrected chi connectivity index (χ1v) is 7.52. The average Bonchev–Trinajstić information content (AvgIpc) is 2.29. The fourth-order valence-corrected chi connectivity index (χ4v) is 3.47. The summed E-state index contributed by atoms with van der Waals surface area (Å²) in [6, 6.07) is 2.31. The summed E-state index contributed by atoms with van der Waals surface area (Å²) >= 11 is 0. The molecule has 1 saturated carbocycles. The van der Waals surface area contributed by atoms with Gasteiger partial charge in [0.05, 0.1) is 0 Å². The topological polar surface area (TPSA) is 15.3 Å². The maximum absolute atomic E-state index is 3.93. The Morgan fingerprint density at radius 3 is 2.24 bits per heavy atom.